The van der Waals surface area contributed by atoms with Crippen LogP contribution >= 0.6 is 0 Å². The molecule has 2 heterocycles. The smallest absolute Gasteiger partial charge is 0.128 e. The molecule has 1 aliphatic rings. The molecule has 0 saturated carbocycles. The molecule has 0 spiro atoms. The zero-order chi connectivity index (χ0) is 13.0. The first-order valence-electron chi connectivity index (χ1n) is 7.09. The average Bonchev–Trinajstić information content (AvgIpc) is 2.64. The van der Waals surface area contributed by atoms with Crippen molar-refractivity contribution in [3.8, 4) is 0 Å². The molecule has 1 saturated heterocycles. The first kappa shape index (κ1) is 13.3. The molecule has 2 atom stereocenters. The zero-order valence-electron chi connectivity index (χ0n) is 11.5. The normalized spacial score (nSPS) is 22.6. The van der Waals surface area contributed by atoms with E-state index in [0.29, 0.717) is 0 Å². The van der Waals surface area contributed by atoms with Crippen LogP contribution in [0, 0.1) is 5.92 Å². The van der Waals surface area contributed by atoms with E-state index in [9.17, 15) is 5.11 Å². The molecule has 1 aliphatic heterocycles. The van der Waals surface area contributed by atoms with Crippen molar-refractivity contribution in [1.29, 1.82) is 0 Å². The third-order valence-electron chi connectivity index (χ3n) is 4.00. The van der Waals surface area contributed by atoms with Crippen LogP contribution in [0.15, 0.2) is 18.3 Å². The van der Waals surface area contributed by atoms with Gasteiger partial charge in [0, 0.05) is 19.3 Å². The Bertz CT molecular complexity index is 361. The number of anilines is 1. The summed E-state index contributed by atoms with van der Waals surface area (Å²) in [4.78, 5) is 6.86. The van der Waals surface area contributed by atoms with E-state index in [1.165, 1.54) is 25.7 Å². The van der Waals surface area contributed by atoms with E-state index in [1.54, 1.807) is 13.1 Å². The van der Waals surface area contributed by atoms with Gasteiger partial charge in [-0.15, -0.1) is 0 Å². The Morgan fingerprint density at radius 2 is 2.22 bits per heavy atom. The lowest BCUT2D eigenvalue weighted by Crippen LogP contribution is -2.25. The van der Waals surface area contributed by atoms with Gasteiger partial charge in [-0.05, 0) is 43.7 Å². The summed E-state index contributed by atoms with van der Waals surface area (Å²) < 4.78 is 0. The van der Waals surface area contributed by atoms with Crippen LogP contribution in [-0.2, 0) is 0 Å². The number of nitrogens with zero attached hydrogens (tertiary/aromatic N) is 2. The topological polar surface area (TPSA) is 36.4 Å². The van der Waals surface area contributed by atoms with Gasteiger partial charge in [0.05, 0.1) is 6.10 Å². The molecule has 1 N–H and O–H groups in total. The molecular formula is C15H24N2O. The quantitative estimate of drug-likeness (QED) is 0.892. The summed E-state index contributed by atoms with van der Waals surface area (Å²) in [7, 11) is 0. The highest BCUT2D eigenvalue weighted by Gasteiger charge is 2.16. The van der Waals surface area contributed by atoms with Crippen LogP contribution in [0.2, 0.25) is 0 Å². The molecule has 1 unspecified atom stereocenters. The van der Waals surface area contributed by atoms with Crippen LogP contribution < -0.4 is 4.90 Å². The molecular weight excluding hydrogens is 224 g/mol. The van der Waals surface area contributed by atoms with Crippen LogP contribution in [0.5, 0.6) is 0 Å². The summed E-state index contributed by atoms with van der Waals surface area (Å²) >= 11 is 0. The summed E-state index contributed by atoms with van der Waals surface area (Å²) in [5, 5.41) is 9.48. The van der Waals surface area contributed by atoms with Gasteiger partial charge in [0.2, 0.25) is 0 Å². The fraction of sp³-hybridized carbons (Fsp3) is 0.667. The summed E-state index contributed by atoms with van der Waals surface area (Å²) in [5.41, 5.74) is 0.889. The van der Waals surface area contributed by atoms with Crippen LogP contribution in [0.3, 0.4) is 0 Å². The maximum absolute atomic E-state index is 9.48. The van der Waals surface area contributed by atoms with Crippen molar-refractivity contribution in [3.63, 3.8) is 0 Å². The predicted molar refractivity (Wildman–Crippen MR) is 74.7 cm³/mol. The fourth-order valence-electron chi connectivity index (χ4n) is 2.63. The average molecular weight is 248 g/mol. The molecule has 2 rings (SSSR count). The Morgan fingerprint density at radius 1 is 1.39 bits per heavy atom. The Labute approximate surface area is 110 Å². The first-order valence-corrected chi connectivity index (χ1v) is 7.09. The molecule has 0 radical (unpaired) electrons. The van der Waals surface area contributed by atoms with Gasteiger partial charge in [-0.1, -0.05) is 19.4 Å². The lowest BCUT2D eigenvalue weighted by molar-refractivity contribution is 0.199. The van der Waals surface area contributed by atoms with Crippen molar-refractivity contribution in [2.45, 2.75) is 45.6 Å². The highest BCUT2D eigenvalue weighted by molar-refractivity contribution is 5.39. The fourth-order valence-corrected chi connectivity index (χ4v) is 2.63. The van der Waals surface area contributed by atoms with Gasteiger partial charge >= 0.3 is 0 Å². The van der Waals surface area contributed by atoms with Crippen molar-refractivity contribution in [1.82, 2.24) is 4.98 Å². The monoisotopic (exact) mass is 248 g/mol. The van der Waals surface area contributed by atoms with E-state index >= 15 is 0 Å². The van der Waals surface area contributed by atoms with Crippen molar-refractivity contribution in [3.05, 3.63) is 23.9 Å². The largest absolute Gasteiger partial charge is 0.389 e. The second kappa shape index (κ2) is 6.19. The number of hydrogen-bond acceptors (Lipinski definition) is 3. The molecule has 18 heavy (non-hydrogen) atoms. The maximum atomic E-state index is 9.48. The van der Waals surface area contributed by atoms with E-state index in [4.69, 9.17) is 0 Å². The minimum Gasteiger partial charge on any atom is -0.389 e. The van der Waals surface area contributed by atoms with Crippen molar-refractivity contribution >= 4 is 5.82 Å². The molecule has 3 nitrogen and oxygen atoms in total. The molecule has 1 aromatic heterocycles. The van der Waals surface area contributed by atoms with Crippen molar-refractivity contribution in [2.24, 2.45) is 5.92 Å². The van der Waals surface area contributed by atoms with Gasteiger partial charge in [0.25, 0.3) is 0 Å². The van der Waals surface area contributed by atoms with Crippen LogP contribution in [0.25, 0.3) is 0 Å². The molecule has 0 amide bonds. The van der Waals surface area contributed by atoms with E-state index in [0.717, 1.165) is 30.4 Å². The van der Waals surface area contributed by atoms with Crippen molar-refractivity contribution in [2.75, 3.05) is 18.0 Å². The van der Waals surface area contributed by atoms with Gasteiger partial charge < -0.3 is 10.0 Å². The Hall–Kier alpha value is -1.09. The van der Waals surface area contributed by atoms with Gasteiger partial charge in [0.1, 0.15) is 5.82 Å². The highest BCUT2D eigenvalue weighted by Crippen LogP contribution is 2.24. The van der Waals surface area contributed by atoms with Gasteiger partial charge in [-0.25, -0.2) is 4.98 Å². The van der Waals surface area contributed by atoms with E-state index in [-0.39, 0.29) is 0 Å². The Kier molecular flexibility index (Phi) is 4.59. The predicted octanol–water partition coefficient (Wildman–Crippen LogP) is 3.15. The van der Waals surface area contributed by atoms with Gasteiger partial charge in [-0.2, -0.15) is 0 Å². The third-order valence-corrected chi connectivity index (χ3v) is 4.00. The Balaban J connectivity index is 2.02. The summed E-state index contributed by atoms with van der Waals surface area (Å²) in [6.07, 6.45) is 6.54. The molecule has 1 fully saturated rings. The SMILES string of the molecule is CCC1CCCN(c2ccc([C@H](C)O)cn2)CC1. The minimum atomic E-state index is -0.430. The summed E-state index contributed by atoms with van der Waals surface area (Å²) in [5.74, 6) is 1.93. The van der Waals surface area contributed by atoms with Crippen LogP contribution in [0.1, 0.15) is 51.2 Å². The third kappa shape index (κ3) is 3.22. The molecule has 100 valence electrons. The van der Waals surface area contributed by atoms with Crippen molar-refractivity contribution < 1.29 is 5.11 Å². The number of rotatable bonds is 3. The summed E-state index contributed by atoms with van der Waals surface area (Å²) in [6.45, 7) is 6.28. The molecule has 0 aromatic carbocycles. The Morgan fingerprint density at radius 3 is 2.83 bits per heavy atom. The second-order valence-corrected chi connectivity index (χ2v) is 5.32. The second-order valence-electron chi connectivity index (χ2n) is 5.32. The van der Waals surface area contributed by atoms with Crippen LogP contribution in [0.4, 0.5) is 5.82 Å². The van der Waals surface area contributed by atoms with Gasteiger partial charge in [0.15, 0.2) is 0 Å². The molecule has 3 heteroatoms. The summed E-state index contributed by atoms with van der Waals surface area (Å²) in [6, 6.07) is 4.02. The van der Waals surface area contributed by atoms with E-state index < -0.39 is 6.10 Å². The lowest BCUT2D eigenvalue weighted by Gasteiger charge is -2.22. The first-order chi connectivity index (χ1) is 8.70. The van der Waals surface area contributed by atoms with E-state index in [2.05, 4.69) is 16.8 Å². The number of aliphatic hydroxyl groups excluding tert-OH is 1. The maximum Gasteiger partial charge on any atom is 0.128 e. The number of aromatic nitrogens is 1. The molecule has 0 aliphatic carbocycles. The molecule has 0 bridgehead atoms. The number of pyridine rings is 1. The lowest BCUT2D eigenvalue weighted by atomic mass is 9.98. The number of hydrogen-bond donors (Lipinski definition) is 1. The zero-order valence-corrected chi connectivity index (χ0v) is 11.5. The van der Waals surface area contributed by atoms with Crippen LogP contribution in [-0.4, -0.2) is 23.2 Å². The van der Waals surface area contributed by atoms with Gasteiger partial charge in [-0.3, -0.25) is 0 Å². The highest BCUT2D eigenvalue weighted by atomic mass is 16.3. The molecule has 1 aromatic rings. The van der Waals surface area contributed by atoms with E-state index in [1.807, 2.05) is 12.1 Å². The minimum absolute atomic E-state index is 0.430. The number of aliphatic hydroxyl groups is 1. The standard InChI is InChI=1S/C15H24N2O/c1-3-13-5-4-9-17(10-8-13)15-7-6-14(11-16-15)12(2)18/h6-7,11-13,18H,3-5,8-10H2,1-2H3/t12-,13?/m0/s1.